The predicted octanol–water partition coefficient (Wildman–Crippen LogP) is 2.40. The molecule has 5 N–H and O–H groups in total. The first-order valence-corrected chi connectivity index (χ1v) is 10.6. The standard InChI is InChI=1S/C24H27N3O7/c1-14-19(24(30)31)21(25)20-16(27-14)7-4-8-17(20)33-12-5-10-26-23(29)15-6-3-9-18(32-2)22(15)34-13-11-28/h3-4,6-9,28H,5,10-13H2,1-2H3,(H2,25,27)(H,26,29)(H,30,31). The molecule has 0 saturated carbocycles. The third-order valence-electron chi connectivity index (χ3n) is 5.05. The molecule has 34 heavy (non-hydrogen) atoms. The Labute approximate surface area is 196 Å². The number of ether oxygens (including phenoxy) is 3. The van der Waals surface area contributed by atoms with Gasteiger partial charge in [0.15, 0.2) is 11.5 Å². The maximum absolute atomic E-state index is 12.7. The van der Waals surface area contributed by atoms with Gasteiger partial charge in [0, 0.05) is 6.54 Å². The molecule has 10 heteroatoms. The topological polar surface area (TPSA) is 153 Å². The van der Waals surface area contributed by atoms with Crippen LogP contribution in [0.15, 0.2) is 36.4 Å². The summed E-state index contributed by atoms with van der Waals surface area (Å²) in [6.07, 6.45) is 0.476. The quantitative estimate of drug-likeness (QED) is 0.310. The third-order valence-corrected chi connectivity index (χ3v) is 5.05. The minimum absolute atomic E-state index is 0.0284. The molecule has 1 heterocycles. The monoisotopic (exact) mass is 469 g/mol. The zero-order chi connectivity index (χ0) is 24.7. The first kappa shape index (κ1) is 24.6. The van der Waals surface area contributed by atoms with E-state index < -0.39 is 5.97 Å². The van der Waals surface area contributed by atoms with Crippen LogP contribution in [-0.4, -0.2) is 60.5 Å². The Morgan fingerprint density at radius 2 is 1.82 bits per heavy atom. The van der Waals surface area contributed by atoms with Crippen LogP contribution in [0, 0.1) is 6.92 Å². The summed E-state index contributed by atoms with van der Waals surface area (Å²) in [5, 5.41) is 21.7. The van der Waals surface area contributed by atoms with E-state index in [4.69, 9.17) is 25.1 Å². The lowest BCUT2D eigenvalue weighted by molar-refractivity contribution is 0.0696. The summed E-state index contributed by atoms with van der Waals surface area (Å²) in [4.78, 5) is 28.5. The fourth-order valence-electron chi connectivity index (χ4n) is 3.53. The van der Waals surface area contributed by atoms with Gasteiger partial charge in [-0.15, -0.1) is 0 Å². The molecule has 0 radical (unpaired) electrons. The predicted molar refractivity (Wildman–Crippen MR) is 126 cm³/mol. The van der Waals surface area contributed by atoms with Crippen molar-refractivity contribution in [1.29, 1.82) is 0 Å². The van der Waals surface area contributed by atoms with Crippen LogP contribution in [0.25, 0.3) is 10.9 Å². The molecule has 1 amide bonds. The van der Waals surface area contributed by atoms with Crippen molar-refractivity contribution in [2.75, 3.05) is 39.2 Å². The summed E-state index contributed by atoms with van der Waals surface area (Å²) >= 11 is 0. The lowest BCUT2D eigenvalue weighted by Gasteiger charge is -2.15. The number of nitrogen functional groups attached to an aromatic ring is 1. The number of carboxylic acids is 1. The van der Waals surface area contributed by atoms with Gasteiger partial charge in [0.1, 0.15) is 17.9 Å². The molecule has 0 atom stereocenters. The van der Waals surface area contributed by atoms with Gasteiger partial charge in [-0.3, -0.25) is 9.78 Å². The Morgan fingerprint density at radius 3 is 2.53 bits per heavy atom. The number of carboxylic acid groups (broad SMARTS) is 1. The van der Waals surface area contributed by atoms with Gasteiger partial charge in [-0.1, -0.05) is 12.1 Å². The number of rotatable bonds is 11. The van der Waals surface area contributed by atoms with Gasteiger partial charge in [-0.25, -0.2) is 4.79 Å². The molecular formula is C24H27N3O7. The summed E-state index contributed by atoms with van der Waals surface area (Å²) in [5.74, 6) is -0.434. The highest BCUT2D eigenvalue weighted by molar-refractivity contribution is 6.06. The molecule has 2 aromatic carbocycles. The Bertz CT molecular complexity index is 1200. The van der Waals surface area contributed by atoms with E-state index in [1.807, 2.05) is 0 Å². The van der Waals surface area contributed by atoms with Crippen LogP contribution in [0.2, 0.25) is 0 Å². The Hall–Kier alpha value is -4.05. The second-order valence-corrected chi connectivity index (χ2v) is 7.31. The second-order valence-electron chi connectivity index (χ2n) is 7.31. The van der Waals surface area contributed by atoms with Gasteiger partial charge in [0.2, 0.25) is 0 Å². The number of aryl methyl sites for hydroxylation is 1. The average Bonchev–Trinajstić information content (AvgIpc) is 2.81. The summed E-state index contributed by atoms with van der Waals surface area (Å²) in [6.45, 7) is 1.99. The molecule has 0 aliphatic rings. The molecule has 0 saturated heterocycles. The summed E-state index contributed by atoms with van der Waals surface area (Å²) in [7, 11) is 1.47. The number of aliphatic hydroxyl groups excluding tert-OH is 1. The number of nitrogens with two attached hydrogens (primary N) is 1. The van der Waals surface area contributed by atoms with E-state index in [9.17, 15) is 14.7 Å². The van der Waals surface area contributed by atoms with Gasteiger partial charge in [-0.05, 0) is 37.6 Å². The number of methoxy groups -OCH3 is 1. The SMILES string of the molecule is COc1cccc(C(=O)NCCCOc2cccc3nc(C)c(C(=O)O)c(N)c23)c1OCCO. The Kier molecular flexibility index (Phi) is 8.10. The number of benzene rings is 2. The average molecular weight is 469 g/mol. The lowest BCUT2D eigenvalue weighted by atomic mass is 10.1. The van der Waals surface area contributed by atoms with E-state index >= 15 is 0 Å². The van der Waals surface area contributed by atoms with E-state index in [0.717, 1.165) is 0 Å². The summed E-state index contributed by atoms with van der Waals surface area (Å²) in [6, 6.07) is 10.1. The normalized spacial score (nSPS) is 10.7. The zero-order valence-electron chi connectivity index (χ0n) is 19.0. The zero-order valence-corrected chi connectivity index (χ0v) is 19.0. The number of hydrogen-bond donors (Lipinski definition) is 4. The number of amides is 1. The largest absolute Gasteiger partial charge is 0.493 e. The van der Waals surface area contributed by atoms with Crippen molar-refractivity contribution in [3.8, 4) is 17.2 Å². The summed E-state index contributed by atoms with van der Waals surface area (Å²) < 4.78 is 16.6. The van der Waals surface area contributed by atoms with Crippen molar-refractivity contribution in [1.82, 2.24) is 10.3 Å². The van der Waals surface area contributed by atoms with E-state index in [0.29, 0.717) is 41.1 Å². The summed E-state index contributed by atoms with van der Waals surface area (Å²) in [5.41, 5.74) is 7.35. The van der Waals surface area contributed by atoms with E-state index in [2.05, 4.69) is 10.3 Å². The van der Waals surface area contributed by atoms with Crippen LogP contribution in [0.1, 0.15) is 32.8 Å². The minimum Gasteiger partial charge on any atom is -0.493 e. The number of aromatic carboxylic acids is 1. The van der Waals surface area contributed by atoms with Crippen molar-refractivity contribution >= 4 is 28.5 Å². The molecule has 0 fully saturated rings. The minimum atomic E-state index is -1.15. The maximum atomic E-state index is 12.7. The highest BCUT2D eigenvalue weighted by atomic mass is 16.5. The van der Waals surface area contributed by atoms with Crippen molar-refractivity contribution in [3.63, 3.8) is 0 Å². The number of fused-ring (bicyclic) bond motifs is 1. The Balaban J connectivity index is 1.64. The molecule has 10 nitrogen and oxygen atoms in total. The molecule has 0 unspecified atom stereocenters. The third kappa shape index (κ3) is 5.29. The number of anilines is 1. The smallest absolute Gasteiger partial charge is 0.339 e. The van der Waals surface area contributed by atoms with Gasteiger partial charge < -0.3 is 35.5 Å². The first-order chi connectivity index (χ1) is 16.4. The van der Waals surface area contributed by atoms with Crippen molar-refractivity contribution in [3.05, 3.63) is 53.2 Å². The molecule has 3 rings (SSSR count). The first-order valence-electron chi connectivity index (χ1n) is 10.6. The number of pyridine rings is 1. The molecule has 180 valence electrons. The van der Waals surface area contributed by atoms with Gasteiger partial charge >= 0.3 is 5.97 Å². The highest BCUT2D eigenvalue weighted by Gasteiger charge is 2.19. The van der Waals surface area contributed by atoms with E-state index in [1.165, 1.54) is 7.11 Å². The fraction of sp³-hybridized carbons (Fsp3) is 0.292. The molecule has 0 bridgehead atoms. The van der Waals surface area contributed by atoms with Crippen molar-refractivity contribution in [2.45, 2.75) is 13.3 Å². The van der Waals surface area contributed by atoms with Crippen molar-refractivity contribution < 1.29 is 34.0 Å². The number of hydrogen-bond acceptors (Lipinski definition) is 8. The molecular weight excluding hydrogens is 442 g/mol. The molecule has 0 spiro atoms. The van der Waals surface area contributed by atoms with E-state index in [1.54, 1.807) is 43.3 Å². The lowest BCUT2D eigenvalue weighted by Crippen LogP contribution is -2.26. The number of nitrogens with zero attached hydrogens (tertiary/aromatic N) is 1. The van der Waals surface area contributed by atoms with E-state index in [-0.39, 0.29) is 48.3 Å². The van der Waals surface area contributed by atoms with Crippen molar-refractivity contribution in [2.24, 2.45) is 0 Å². The number of para-hydroxylation sites is 1. The number of carbonyl (C=O) groups excluding carboxylic acids is 1. The van der Waals surface area contributed by atoms with Crippen LogP contribution in [0.5, 0.6) is 17.2 Å². The van der Waals surface area contributed by atoms with Crippen LogP contribution in [0.3, 0.4) is 0 Å². The number of carbonyl (C=O) groups is 2. The number of aromatic nitrogens is 1. The molecule has 0 aliphatic carbocycles. The molecule has 0 aliphatic heterocycles. The highest BCUT2D eigenvalue weighted by Crippen LogP contribution is 2.33. The number of nitrogens with one attached hydrogen (secondary N) is 1. The fourth-order valence-corrected chi connectivity index (χ4v) is 3.53. The van der Waals surface area contributed by atoms with Gasteiger partial charge in [0.25, 0.3) is 5.91 Å². The van der Waals surface area contributed by atoms with Crippen LogP contribution >= 0.6 is 0 Å². The Morgan fingerprint density at radius 1 is 1.09 bits per heavy atom. The van der Waals surface area contributed by atoms with Gasteiger partial charge in [0.05, 0.1) is 48.2 Å². The molecule has 1 aromatic heterocycles. The number of aliphatic hydroxyl groups is 1. The van der Waals surface area contributed by atoms with Gasteiger partial charge in [-0.2, -0.15) is 0 Å². The molecule has 3 aromatic rings. The maximum Gasteiger partial charge on any atom is 0.339 e. The van der Waals surface area contributed by atoms with Crippen LogP contribution in [0.4, 0.5) is 5.69 Å². The van der Waals surface area contributed by atoms with Crippen LogP contribution < -0.4 is 25.3 Å². The van der Waals surface area contributed by atoms with Crippen LogP contribution in [-0.2, 0) is 0 Å². The second kappa shape index (κ2) is 11.2.